The molecule has 4 aromatic rings. The summed E-state index contributed by atoms with van der Waals surface area (Å²) in [5.74, 6) is 1.53. The first-order valence-corrected chi connectivity index (χ1v) is 8.92. The molecule has 0 bridgehead atoms. The van der Waals surface area contributed by atoms with Crippen LogP contribution in [0.15, 0.2) is 65.8 Å². The second-order valence-corrected chi connectivity index (χ2v) is 6.61. The molecule has 4 rings (SSSR count). The van der Waals surface area contributed by atoms with Gasteiger partial charge in [-0.1, -0.05) is 24.3 Å². The fraction of sp³-hybridized carbons (Fsp3) is 0.182. The molecule has 6 nitrogen and oxygen atoms in total. The van der Waals surface area contributed by atoms with Crippen molar-refractivity contribution in [2.75, 3.05) is 14.2 Å². The van der Waals surface area contributed by atoms with E-state index < -0.39 is 0 Å². The maximum absolute atomic E-state index is 13.1. The maximum atomic E-state index is 13.1. The van der Waals surface area contributed by atoms with Gasteiger partial charge in [0, 0.05) is 18.8 Å². The molecule has 0 amide bonds. The highest BCUT2D eigenvalue weighted by Crippen LogP contribution is 2.29. The summed E-state index contributed by atoms with van der Waals surface area (Å²) in [5, 5.41) is 0. The van der Waals surface area contributed by atoms with Crippen LogP contribution in [0.4, 0.5) is 0 Å². The van der Waals surface area contributed by atoms with Gasteiger partial charge < -0.3 is 14.0 Å². The Bertz CT molecular complexity index is 1210. The molecule has 6 heteroatoms. The molecule has 28 heavy (non-hydrogen) atoms. The van der Waals surface area contributed by atoms with Gasteiger partial charge in [-0.2, -0.15) is 0 Å². The molecule has 0 saturated heterocycles. The summed E-state index contributed by atoms with van der Waals surface area (Å²) in [5.41, 5.74) is 4.02. The zero-order chi connectivity index (χ0) is 19.7. The molecule has 2 heterocycles. The standard InChI is InChI=1S/C22H21N3O3/c1-24-13-19(16-7-5-9-18(11-16)28-3)20-21(24)22(26)25(14-23-20)12-15-6-4-8-17(10-15)27-2/h4-11,13-14H,12H2,1-3H3. The summed E-state index contributed by atoms with van der Waals surface area (Å²) in [7, 11) is 5.13. The molecule has 0 unspecified atom stereocenters. The molecule has 0 aliphatic heterocycles. The largest absolute Gasteiger partial charge is 0.497 e. The van der Waals surface area contributed by atoms with E-state index in [0.717, 1.165) is 28.2 Å². The third kappa shape index (κ3) is 3.13. The van der Waals surface area contributed by atoms with Gasteiger partial charge >= 0.3 is 0 Å². The quantitative estimate of drug-likeness (QED) is 0.536. The summed E-state index contributed by atoms with van der Waals surface area (Å²) in [6.07, 6.45) is 3.54. The SMILES string of the molecule is COc1cccc(Cn2cnc3c(-c4cccc(OC)c4)cn(C)c3c2=O)c1. The zero-order valence-corrected chi connectivity index (χ0v) is 16.0. The molecule has 2 aromatic carbocycles. The molecule has 142 valence electrons. The van der Waals surface area contributed by atoms with Gasteiger partial charge in [-0.25, -0.2) is 4.98 Å². The smallest absolute Gasteiger partial charge is 0.278 e. The number of nitrogens with zero attached hydrogens (tertiary/aromatic N) is 3. The lowest BCUT2D eigenvalue weighted by atomic mass is 10.1. The predicted octanol–water partition coefficient (Wildman–Crippen LogP) is 3.47. The van der Waals surface area contributed by atoms with E-state index >= 15 is 0 Å². The lowest BCUT2D eigenvalue weighted by molar-refractivity contribution is 0.414. The van der Waals surface area contributed by atoms with Crippen molar-refractivity contribution in [2.24, 2.45) is 7.05 Å². The second-order valence-electron chi connectivity index (χ2n) is 6.61. The molecule has 0 saturated carbocycles. The first kappa shape index (κ1) is 17.9. The third-order valence-electron chi connectivity index (χ3n) is 4.81. The van der Waals surface area contributed by atoms with E-state index in [4.69, 9.17) is 9.47 Å². The lowest BCUT2D eigenvalue weighted by Crippen LogP contribution is -2.22. The van der Waals surface area contributed by atoms with E-state index in [1.807, 2.05) is 66.3 Å². The highest BCUT2D eigenvalue weighted by molar-refractivity contribution is 5.92. The van der Waals surface area contributed by atoms with E-state index in [1.165, 1.54) is 0 Å². The Labute approximate surface area is 162 Å². The van der Waals surface area contributed by atoms with Gasteiger partial charge in [-0.05, 0) is 35.4 Å². The first-order valence-electron chi connectivity index (χ1n) is 8.92. The minimum Gasteiger partial charge on any atom is -0.497 e. The van der Waals surface area contributed by atoms with E-state index in [1.54, 1.807) is 25.1 Å². The van der Waals surface area contributed by atoms with Gasteiger partial charge in [0.25, 0.3) is 5.56 Å². The third-order valence-corrected chi connectivity index (χ3v) is 4.81. The number of rotatable bonds is 5. The lowest BCUT2D eigenvalue weighted by Gasteiger charge is -2.08. The molecule has 0 aliphatic rings. The molecule has 0 atom stereocenters. The summed E-state index contributed by atoms with van der Waals surface area (Å²) in [6, 6.07) is 15.4. The summed E-state index contributed by atoms with van der Waals surface area (Å²) in [4.78, 5) is 17.7. The van der Waals surface area contributed by atoms with Crippen molar-refractivity contribution in [1.29, 1.82) is 0 Å². The van der Waals surface area contributed by atoms with Crippen LogP contribution in [0.25, 0.3) is 22.2 Å². The van der Waals surface area contributed by atoms with Crippen molar-refractivity contribution in [1.82, 2.24) is 14.1 Å². The van der Waals surface area contributed by atoms with Gasteiger partial charge in [0.05, 0.1) is 27.1 Å². The number of ether oxygens (including phenoxy) is 2. The maximum Gasteiger partial charge on any atom is 0.278 e. The summed E-state index contributed by atoms with van der Waals surface area (Å²) >= 11 is 0. The van der Waals surface area contributed by atoms with Crippen LogP contribution >= 0.6 is 0 Å². The Balaban J connectivity index is 1.79. The number of benzene rings is 2. The molecule has 0 aliphatic carbocycles. The average molecular weight is 375 g/mol. The van der Waals surface area contributed by atoms with Gasteiger partial charge in [-0.3, -0.25) is 9.36 Å². The molecular formula is C22H21N3O3. The zero-order valence-electron chi connectivity index (χ0n) is 16.0. The highest BCUT2D eigenvalue weighted by Gasteiger charge is 2.15. The average Bonchev–Trinajstić information content (AvgIpc) is 3.07. The van der Waals surface area contributed by atoms with Crippen molar-refractivity contribution in [2.45, 2.75) is 6.54 Å². The molecule has 0 fully saturated rings. The first-order chi connectivity index (χ1) is 13.6. The monoisotopic (exact) mass is 375 g/mol. The van der Waals surface area contributed by atoms with Crippen molar-refractivity contribution in [3.63, 3.8) is 0 Å². The number of hydrogen-bond donors (Lipinski definition) is 0. The second kappa shape index (κ2) is 7.23. The number of hydrogen-bond acceptors (Lipinski definition) is 4. The van der Waals surface area contributed by atoms with Crippen LogP contribution in [0.1, 0.15) is 5.56 Å². The highest BCUT2D eigenvalue weighted by atomic mass is 16.5. The van der Waals surface area contributed by atoms with E-state index in [-0.39, 0.29) is 5.56 Å². The minimum absolute atomic E-state index is 0.0792. The molecule has 0 radical (unpaired) electrons. The Morgan fingerprint density at radius 1 is 1.00 bits per heavy atom. The predicted molar refractivity (Wildman–Crippen MR) is 109 cm³/mol. The Morgan fingerprint density at radius 2 is 1.71 bits per heavy atom. The number of fused-ring (bicyclic) bond motifs is 1. The van der Waals surface area contributed by atoms with Crippen LogP contribution in [0.2, 0.25) is 0 Å². The van der Waals surface area contributed by atoms with Crippen LogP contribution in [-0.4, -0.2) is 28.3 Å². The van der Waals surface area contributed by atoms with Crippen LogP contribution in [0, 0.1) is 0 Å². The number of methoxy groups -OCH3 is 2. The van der Waals surface area contributed by atoms with Gasteiger partial charge in [0.1, 0.15) is 22.5 Å². The molecule has 2 aromatic heterocycles. The van der Waals surface area contributed by atoms with E-state index in [0.29, 0.717) is 17.6 Å². The number of aryl methyl sites for hydroxylation is 1. The van der Waals surface area contributed by atoms with Crippen molar-refractivity contribution < 1.29 is 9.47 Å². The summed E-state index contributed by atoms with van der Waals surface area (Å²) < 4.78 is 14.0. The Kier molecular flexibility index (Phi) is 4.61. The van der Waals surface area contributed by atoms with Gasteiger partial charge in [0.15, 0.2) is 0 Å². The Hall–Kier alpha value is -3.54. The van der Waals surface area contributed by atoms with E-state index in [9.17, 15) is 4.79 Å². The van der Waals surface area contributed by atoms with Crippen LogP contribution in [0.3, 0.4) is 0 Å². The van der Waals surface area contributed by atoms with Gasteiger partial charge in [0.2, 0.25) is 0 Å². The summed E-state index contributed by atoms with van der Waals surface area (Å²) in [6.45, 7) is 0.429. The van der Waals surface area contributed by atoms with Crippen LogP contribution in [0.5, 0.6) is 11.5 Å². The van der Waals surface area contributed by atoms with Crippen molar-refractivity contribution in [3.05, 3.63) is 77.0 Å². The fourth-order valence-electron chi connectivity index (χ4n) is 3.39. The van der Waals surface area contributed by atoms with E-state index in [2.05, 4.69) is 4.98 Å². The topological polar surface area (TPSA) is 58.3 Å². The minimum atomic E-state index is -0.0792. The van der Waals surface area contributed by atoms with Crippen molar-refractivity contribution in [3.8, 4) is 22.6 Å². The fourth-order valence-corrected chi connectivity index (χ4v) is 3.39. The van der Waals surface area contributed by atoms with Crippen LogP contribution in [-0.2, 0) is 13.6 Å². The molecule has 0 spiro atoms. The van der Waals surface area contributed by atoms with Crippen molar-refractivity contribution >= 4 is 11.0 Å². The number of aromatic nitrogens is 3. The van der Waals surface area contributed by atoms with Gasteiger partial charge in [-0.15, -0.1) is 0 Å². The molecule has 0 N–H and O–H groups in total. The normalized spacial score (nSPS) is 11.0. The van der Waals surface area contributed by atoms with Crippen LogP contribution < -0.4 is 15.0 Å². The molecular weight excluding hydrogens is 354 g/mol. The Morgan fingerprint density at radius 3 is 2.46 bits per heavy atom.